The Balaban J connectivity index is 1.48. The van der Waals surface area contributed by atoms with E-state index in [-0.39, 0.29) is 17.4 Å². The number of phenolic OH excluding ortho intramolecular Hbond substituents is 1. The number of amides is 1. The fourth-order valence-electron chi connectivity index (χ4n) is 3.30. The van der Waals surface area contributed by atoms with Gasteiger partial charge in [0.25, 0.3) is 0 Å². The molecule has 3 aromatic carbocycles. The molecule has 8 nitrogen and oxygen atoms in total. The van der Waals surface area contributed by atoms with E-state index >= 15 is 0 Å². The van der Waals surface area contributed by atoms with Crippen LogP contribution in [-0.2, 0) is 11.8 Å². The number of carbonyl (C=O) groups excluding carboxylic acids is 1. The maximum Gasteiger partial charge on any atom is 0.234 e. The quantitative estimate of drug-likeness (QED) is 0.409. The second-order valence-electron chi connectivity index (χ2n) is 6.98. The van der Waals surface area contributed by atoms with Crippen LogP contribution in [0.2, 0.25) is 0 Å². The number of anilines is 1. The van der Waals surface area contributed by atoms with Gasteiger partial charge in [0.1, 0.15) is 17.2 Å². The zero-order valence-corrected chi connectivity index (χ0v) is 18.6. The van der Waals surface area contributed by atoms with Crippen LogP contribution >= 0.6 is 11.8 Å². The molecule has 0 spiro atoms. The van der Waals surface area contributed by atoms with Crippen molar-refractivity contribution in [2.24, 2.45) is 7.05 Å². The molecule has 0 bridgehead atoms. The molecular formula is C23H22N4O4S. The van der Waals surface area contributed by atoms with Crippen LogP contribution in [0.15, 0.2) is 59.8 Å². The van der Waals surface area contributed by atoms with Crippen molar-refractivity contribution in [2.45, 2.75) is 5.16 Å². The lowest BCUT2D eigenvalue weighted by molar-refractivity contribution is -0.113. The van der Waals surface area contributed by atoms with Crippen molar-refractivity contribution in [2.75, 3.05) is 25.3 Å². The topological polar surface area (TPSA) is 98.5 Å². The van der Waals surface area contributed by atoms with Crippen molar-refractivity contribution in [1.82, 2.24) is 14.8 Å². The minimum Gasteiger partial charge on any atom is -0.507 e. The number of nitrogens with zero attached hydrogens (tertiary/aromatic N) is 3. The highest BCUT2D eigenvalue weighted by molar-refractivity contribution is 7.99. The van der Waals surface area contributed by atoms with Gasteiger partial charge in [0.2, 0.25) is 5.91 Å². The van der Waals surface area contributed by atoms with Gasteiger partial charge in [-0.2, -0.15) is 0 Å². The average Bonchev–Trinajstić information content (AvgIpc) is 3.17. The van der Waals surface area contributed by atoms with Gasteiger partial charge in [-0.3, -0.25) is 4.79 Å². The van der Waals surface area contributed by atoms with Gasteiger partial charge in [-0.25, -0.2) is 0 Å². The Labute approximate surface area is 189 Å². The van der Waals surface area contributed by atoms with Crippen molar-refractivity contribution in [3.05, 3.63) is 54.6 Å². The Morgan fingerprint density at radius 3 is 2.53 bits per heavy atom. The van der Waals surface area contributed by atoms with Crippen molar-refractivity contribution in [3.63, 3.8) is 0 Å². The average molecular weight is 451 g/mol. The van der Waals surface area contributed by atoms with E-state index in [0.717, 1.165) is 10.8 Å². The van der Waals surface area contributed by atoms with Crippen LogP contribution in [0.25, 0.3) is 22.2 Å². The number of thioether (sulfide) groups is 1. The SMILES string of the molecule is COc1ccc(NC(=O)CSc2nnc(-c3cc4ccccc4cc3O)n2C)c(OC)c1. The molecule has 164 valence electrons. The van der Waals surface area contributed by atoms with Gasteiger partial charge in [0.15, 0.2) is 11.0 Å². The van der Waals surface area contributed by atoms with E-state index in [4.69, 9.17) is 9.47 Å². The summed E-state index contributed by atoms with van der Waals surface area (Å²) in [6, 6.07) is 16.5. The lowest BCUT2D eigenvalue weighted by atomic mass is 10.1. The number of methoxy groups -OCH3 is 2. The molecule has 0 fully saturated rings. The maximum atomic E-state index is 12.5. The molecule has 0 radical (unpaired) electrons. The molecule has 0 saturated carbocycles. The molecule has 4 aromatic rings. The van der Waals surface area contributed by atoms with Gasteiger partial charge in [-0.05, 0) is 35.0 Å². The van der Waals surface area contributed by atoms with Crippen molar-refractivity contribution in [3.8, 4) is 28.6 Å². The third-order valence-corrected chi connectivity index (χ3v) is 5.98. The fraction of sp³-hybridized carbons (Fsp3) is 0.174. The van der Waals surface area contributed by atoms with Gasteiger partial charge in [-0.1, -0.05) is 36.0 Å². The second kappa shape index (κ2) is 9.19. The Kier molecular flexibility index (Phi) is 6.18. The predicted octanol–water partition coefficient (Wildman–Crippen LogP) is 4.09. The van der Waals surface area contributed by atoms with Gasteiger partial charge in [0, 0.05) is 13.1 Å². The second-order valence-corrected chi connectivity index (χ2v) is 7.93. The number of aromatic nitrogens is 3. The van der Waals surface area contributed by atoms with Gasteiger partial charge >= 0.3 is 0 Å². The molecule has 0 saturated heterocycles. The molecule has 0 unspecified atom stereocenters. The highest BCUT2D eigenvalue weighted by Gasteiger charge is 2.17. The third kappa shape index (κ3) is 4.33. The Morgan fingerprint density at radius 2 is 1.81 bits per heavy atom. The van der Waals surface area contributed by atoms with Crippen molar-refractivity contribution < 1.29 is 19.4 Å². The summed E-state index contributed by atoms with van der Waals surface area (Å²) < 4.78 is 12.2. The molecule has 0 aliphatic heterocycles. The van der Waals surface area contributed by atoms with Crippen LogP contribution in [0.5, 0.6) is 17.2 Å². The largest absolute Gasteiger partial charge is 0.507 e. The standard InChI is InChI=1S/C23H22N4O4S/c1-27-22(17-10-14-6-4-5-7-15(14)11-19(17)28)25-26-23(27)32-13-21(29)24-18-9-8-16(30-2)12-20(18)31-3/h4-12,28H,13H2,1-3H3,(H,24,29). The number of ether oxygens (including phenoxy) is 2. The minimum absolute atomic E-state index is 0.125. The summed E-state index contributed by atoms with van der Waals surface area (Å²) in [4.78, 5) is 12.5. The first-order chi connectivity index (χ1) is 15.5. The van der Waals surface area contributed by atoms with E-state index in [1.165, 1.54) is 18.9 Å². The number of rotatable bonds is 7. The Bertz CT molecular complexity index is 1290. The molecule has 2 N–H and O–H groups in total. The van der Waals surface area contributed by atoms with Gasteiger partial charge < -0.3 is 24.5 Å². The van der Waals surface area contributed by atoms with E-state index in [1.807, 2.05) is 30.3 Å². The molecule has 0 atom stereocenters. The van der Waals surface area contributed by atoms with Crippen LogP contribution in [0.4, 0.5) is 5.69 Å². The molecule has 0 aliphatic rings. The normalized spacial score (nSPS) is 10.8. The summed E-state index contributed by atoms with van der Waals surface area (Å²) in [5.74, 6) is 1.71. The summed E-state index contributed by atoms with van der Waals surface area (Å²) in [5, 5.41) is 24.2. The first-order valence-corrected chi connectivity index (χ1v) is 10.7. The smallest absolute Gasteiger partial charge is 0.234 e. The third-order valence-electron chi connectivity index (χ3n) is 4.95. The van der Waals surface area contributed by atoms with E-state index in [2.05, 4.69) is 15.5 Å². The van der Waals surface area contributed by atoms with Crippen molar-refractivity contribution in [1.29, 1.82) is 0 Å². The van der Waals surface area contributed by atoms with Crippen molar-refractivity contribution >= 4 is 34.1 Å². The Morgan fingerprint density at radius 1 is 1.06 bits per heavy atom. The highest BCUT2D eigenvalue weighted by atomic mass is 32.2. The molecule has 4 rings (SSSR count). The molecule has 1 amide bonds. The van der Waals surface area contributed by atoms with Gasteiger partial charge in [-0.15, -0.1) is 10.2 Å². The Hall–Kier alpha value is -3.72. The van der Waals surface area contributed by atoms with E-state index in [9.17, 15) is 9.90 Å². The molecule has 9 heteroatoms. The number of fused-ring (bicyclic) bond motifs is 1. The van der Waals surface area contributed by atoms with Crippen LogP contribution in [0, 0.1) is 0 Å². The zero-order valence-electron chi connectivity index (χ0n) is 17.8. The molecule has 32 heavy (non-hydrogen) atoms. The fourth-order valence-corrected chi connectivity index (χ4v) is 4.01. The minimum atomic E-state index is -0.212. The summed E-state index contributed by atoms with van der Waals surface area (Å²) in [6.07, 6.45) is 0. The summed E-state index contributed by atoms with van der Waals surface area (Å²) in [7, 11) is 4.90. The monoisotopic (exact) mass is 450 g/mol. The lowest BCUT2D eigenvalue weighted by Crippen LogP contribution is -2.15. The molecule has 0 aliphatic carbocycles. The predicted molar refractivity (Wildman–Crippen MR) is 125 cm³/mol. The maximum absolute atomic E-state index is 12.5. The number of phenols is 1. The zero-order chi connectivity index (χ0) is 22.7. The van der Waals surface area contributed by atoms with Crippen LogP contribution in [0.1, 0.15) is 0 Å². The van der Waals surface area contributed by atoms with E-state index in [0.29, 0.717) is 33.7 Å². The molecule has 1 heterocycles. The first-order valence-electron chi connectivity index (χ1n) is 9.76. The van der Waals surface area contributed by atoms with Crippen LogP contribution in [0.3, 0.4) is 0 Å². The van der Waals surface area contributed by atoms with E-state index < -0.39 is 0 Å². The molecule has 1 aromatic heterocycles. The number of benzene rings is 3. The van der Waals surface area contributed by atoms with Crippen LogP contribution < -0.4 is 14.8 Å². The molecular weight excluding hydrogens is 428 g/mol. The number of hydrogen-bond donors (Lipinski definition) is 2. The van der Waals surface area contributed by atoms with Crippen LogP contribution in [-0.4, -0.2) is 45.8 Å². The highest BCUT2D eigenvalue weighted by Crippen LogP contribution is 2.34. The number of nitrogens with one attached hydrogen (secondary N) is 1. The summed E-state index contributed by atoms with van der Waals surface area (Å²) in [5.41, 5.74) is 1.14. The summed E-state index contributed by atoms with van der Waals surface area (Å²) >= 11 is 1.25. The number of aromatic hydroxyl groups is 1. The van der Waals surface area contributed by atoms with E-state index in [1.54, 1.807) is 43.0 Å². The first kappa shape index (κ1) is 21.5. The lowest BCUT2D eigenvalue weighted by Gasteiger charge is -2.11. The number of hydrogen-bond acceptors (Lipinski definition) is 7. The number of carbonyl (C=O) groups is 1. The summed E-state index contributed by atoms with van der Waals surface area (Å²) in [6.45, 7) is 0. The van der Waals surface area contributed by atoms with Gasteiger partial charge in [0.05, 0.1) is 31.2 Å².